The van der Waals surface area contributed by atoms with Crippen LogP contribution in [0.15, 0.2) is 5.38 Å². The molecule has 18 heavy (non-hydrogen) atoms. The number of nitrogens with one attached hydrogen (secondary N) is 1. The van der Waals surface area contributed by atoms with Gasteiger partial charge in [-0.1, -0.05) is 6.92 Å². The molecule has 0 aliphatic rings. The number of hydrogen-bond acceptors (Lipinski definition) is 5. The van der Waals surface area contributed by atoms with Gasteiger partial charge in [-0.2, -0.15) is 0 Å². The minimum absolute atomic E-state index is 0.196. The summed E-state index contributed by atoms with van der Waals surface area (Å²) in [5.74, 6) is 0.234. The van der Waals surface area contributed by atoms with Crippen LogP contribution in [0.4, 0.5) is 0 Å². The Morgan fingerprint density at radius 3 is 2.72 bits per heavy atom. The fraction of sp³-hybridized carbons (Fsp3) is 0.750. The Hall–Kier alpha value is -0.460. The fourth-order valence-electron chi connectivity index (χ4n) is 1.74. The summed E-state index contributed by atoms with van der Waals surface area (Å²) in [6.07, 6.45) is 3.79. The maximum absolute atomic E-state index is 11.2. The lowest BCUT2D eigenvalue weighted by Gasteiger charge is -2.17. The zero-order valence-electron chi connectivity index (χ0n) is 11.3. The predicted octanol–water partition coefficient (Wildman–Crippen LogP) is 1.80. The van der Waals surface area contributed by atoms with Crippen LogP contribution in [0.25, 0.3) is 0 Å². The van der Waals surface area contributed by atoms with Crippen molar-refractivity contribution in [2.75, 3.05) is 18.6 Å². The van der Waals surface area contributed by atoms with Crippen LogP contribution in [0.3, 0.4) is 0 Å². The van der Waals surface area contributed by atoms with Gasteiger partial charge >= 0.3 is 0 Å². The number of aryl methyl sites for hydroxylation is 1. The van der Waals surface area contributed by atoms with Crippen molar-refractivity contribution in [3.8, 4) is 0 Å². The van der Waals surface area contributed by atoms with Gasteiger partial charge in [0.25, 0.3) is 0 Å². The van der Waals surface area contributed by atoms with Crippen LogP contribution < -0.4 is 5.32 Å². The number of hydrogen-bond donors (Lipinski definition) is 1. The molecule has 1 N–H and O–H groups in total. The number of nitrogens with zero attached hydrogens (tertiary/aromatic N) is 1. The first kappa shape index (κ1) is 15.6. The number of sulfone groups is 1. The van der Waals surface area contributed by atoms with Crippen molar-refractivity contribution < 1.29 is 8.42 Å². The van der Waals surface area contributed by atoms with Crippen LogP contribution in [0.5, 0.6) is 0 Å². The third-order valence-corrected chi connectivity index (χ3v) is 4.44. The topological polar surface area (TPSA) is 59.1 Å². The third kappa shape index (κ3) is 6.47. The maximum Gasteiger partial charge on any atom is 0.147 e. The van der Waals surface area contributed by atoms with Crippen LogP contribution in [-0.4, -0.2) is 38.0 Å². The van der Waals surface area contributed by atoms with Crippen LogP contribution in [0.2, 0.25) is 0 Å². The molecule has 0 fully saturated rings. The second kappa shape index (κ2) is 7.21. The van der Waals surface area contributed by atoms with Crippen LogP contribution >= 0.6 is 11.3 Å². The Balaban J connectivity index is 2.54. The zero-order chi connectivity index (χ0) is 13.6. The minimum atomic E-state index is -2.89. The van der Waals surface area contributed by atoms with E-state index >= 15 is 0 Å². The summed E-state index contributed by atoms with van der Waals surface area (Å²) in [4.78, 5) is 4.43. The van der Waals surface area contributed by atoms with Gasteiger partial charge in [0.2, 0.25) is 0 Å². The minimum Gasteiger partial charge on any atom is -0.314 e. The summed E-state index contributed by atoms with van der Waals surface area (Å²) in [6.45, 7) is 5.00. The molecule has 0 spiro atoms. The molecule has 104 valence electrons. The van der Waals surface area contributed by atoms with Crippen molar-refractivity contribution in [3.63, 3.8) is 0 Å². The molecule has 1 aromatic rings. The molecule has 0 aromatic carbocycles. The van der Waals surface area contributed by atoms with Gasteiger partial charge in [0.1, 0.15) is 9.84 Å². The van der Waals surface area contributed by atoms with E-state index in [-0.39, 0.29) is 11.8 Å². The summed E-state index contributed by atoms with van der Waals surface area (Å²) in [5, 5.41) is 6.51. The van der Waals surface area contributed by atoms with E-state index in [1.54, 1.807) is 11.3 Å². The van der Waals surface area contributed by atoms with Gasteiger partial charge in [0, 0.05) is 24.1 Å². The first-order valence-electron chi connectivity index (χ1n) is 6.23. The van der Waals surface area contributed by atoms with Gasteiger partial charge in [-0.05, 0) is 26.3 Å². The molecule has 0 aliphatic heterocycles. The molecular weight excluding hydrogens is 268 g/mol. The second-order valence-electron chi connectivity index (χ2n) is 4.63. The molecule has 1 unspecified atom stereocenters. The van der Waals surface area contributed by atoms with Crippen LogP contribution in [-0.2, 0) is 16.3 Å². The van der Waals surface area contributed by atoms with Crippen molar-refractivity contribution in [2.24, 2.45) is 0 Å². The number of rotatable bonds is 8. The van der Waals surface area contributed by atoms with Gasteiger partial charge in [0.15, 0.2) is 0 Å². The summed E-state index contributed by atoms with van der Waals surface area (Å²) in [5.41, 5.74) is 1.06. The number of thiazole rings is 1. The van der Waals surface area contributed by atoms with Crippen molar-refractivity contribution >= 4 is 21.2 Å². The molecule has 1 rings (SSSR count). The maximum atomic E-state index is 11.2. The normalized spacial score (nSPS) is 13.7. The molecule has 0 aliphatic carbocycles. The molecule has 6 heteroatoms. The quantitative estimate of drug-likeness (QED) is 0.793. The molecule has 0 amide bonds. The molecule has 0 saturated carbocycles. The highest BCUT2D eigenvalue weighted by molar-refractivity contribution is 7.90. The third-order valence-electron chi connectivity index (χ3n) is 2.64. The molecule has 0 saturated heterocycles. The number of aromatic nitrogens is 1. The summed E-state index contributed by atoms with van der Waals surface area (Å²) >= 11 is 1.64. The molecule has 4 nitrogen and oxygen atoms in total. The van der Waals surface area contributed by atoms with E-state index in [2.05, 4.69) is 22.6 Å². The summed E-state index contributed by atoms with van der Waals surface area (Å²) in [7, 11) is -2.89. The van der Waals surface area contributed by atoms with Crippen molar-refractivity contribution in [1.82, 2.24) is 10.3 Å². The summed E-state index contributed by atoms with van der Waals surface area (Å²) in [6, 6.07) is 0.196. The SMILES string of the molecule is CCCNC(CCS(C)(=O)=O)Cc1csc(C)n1. The lowest BCUT2D eigenvalue weighted by molar-refractivity contribution is 0.488. The molecule has 1 aromatic heterocycles. The Bertz CT molecular complexity index is 454. The highest BCUT2D eigenvalue weighted by atomic mass is 32.2. The lowest BCUT2D eigenvalue weighted by atomic mass is 10.1. The highest BCUT2D eigenvalue weighted by Crippen LogP contribution is 2.11. The van der Waals surface area contributed by atoms with E-state index in [4.69, 9.17) is 0 Å². The highest BCUT2D eigenvalue weighted by Gasteiger charge is 2.13. The average Bonchev–Trinajstić information content (AvgIpc) is 2.67. The van der Waals surface area contributed by atoms with Gasteiger partial charge in [-0.3, -0.25) is 0 Å². The van der Waals surface area contributed by atoms with E-state index in [1.807, 2.05) is 6.92 Å². The zero-order valence-corrected chi connectivity index (χ0v) is 12.9. The Morgan fingerprint density at radius 2 is 2.22 bits per heavy atom. The van der Waals surface area contributed by atoms with Crippen molar-refractivity contribution in [1.29, 1.82) is 0 Å². The average molecular weight is 290 g/mol. The van der Waals surface area contributed by atoms with Gasteiger partial charge in [0.05, 0.1) is 16.5 Å². The van der Waals surface area contributed by atoms with Gasteiger partial charge in [-0.15, -0.1) is 11.3 Å². The second-order valence-corrected chi connectivity index (χ2v) is 7.95. The fourth-order valence-corrected chi connectivity index (χ4v) is 3.07. The molecule has 1 heterocycles. The summed E-state index contributed by atoms with van der Waals surface area (Å²) < 4.78 is 22.4. The van der Waals surface area contributed by atoms with E-state index in [0.29, 0.717) is 6.42 Å². The van der Waals surface area contributed by atoms with Crippen molar-refractivity contribution in [3.05, 3.63) is 16.1 Å². The van der Waals surface area contributed by atoms with Crippen LogP contribution in [0.1, 0.15) is 30.5 Å². The monoisotopic (exact) mass is 290 g/mol. The Kier molecular flexibility index (Phi) is 6.25. The first-order chi connectivity index (χ1) is 8.40. The Morgan fingerprint density at radius 1 is 1.50 bits per heavy atom. The van der Waals surface area contributed by atoms with Crippen LogP contribution in [0, 0.1) is 6.92 Å². The molecule has 1 atom stereocenters. The van der Waals surface area contributed by atoms with E-state index < -0.39 is 9.84 Å². The van der Waals surface area contributed by atoms with Gasteiger partial charge < -0.3 is 5.32 Å². The smallest absolute Gasteiger partial charge is 0.147 e. The molecule has 0 radical (unpaired) electrons. The standard InChI is InChI=1S/C12H22N2O2S2/c1-4-6-13-11(5-7-18(3,15)16)8-12-9-17-10(2)14-12/h9,11,13H,4-8H2,1-3H3. The van der Waals surface area contributed by atoms with Gasteiger partial charge in [-0.25, -0.2) is 13.4 Å². The molecular formula is C12H22N2O2S2. The molecule has 0 bridgehead atoms. The first-order valence-corrected chi connectivity index (χ1v) is 9.17. The Labute approximate surface area is 114 Å². The van der Waals surface area contributed by atoms with E-state index in [9.17, 15) is 8.42 Å². The van der Waals surface area contributed by atoms with Crippen molar-refractivity contribution in [2.45, 2.75) is 39.2 Å². The largest absolute Gasteiger partial charge is 0.314 e. The lowest BCUT2D eigenvalue weighted by Crippen LogP contribution is -2.33. The van der Waals surface area contributed by atoms with E-state index in [0.717, 1.165) is 30.1 Å². The van der Waals surface area contributed by atoms with E-state index in [1.165, 1.54) is 6.26 Å². The predicted molar refractivity (Wildman–Crippen MR) is 77.0 cm³/mol.